The van der Waals surface area contributed by atoms with Crippen LogP contribution in [-0.2, 0) is 13.0 Å². The number of carbonyl (C=O) groups excluding carboxylic acids is 1. The molecule has 158 valence electrons. The Kier molecular flexibility index (Phi) is 5.06. The molecule has 3 heterocycles. The van der Waals surface area contributed by atoms with Gasteiger partial charge in [-0.05, 0) is 51.2 Å². The van der Waals surface area contributed by atoms with Crippen LogP contribution in [0.1, 0.15) is 62.5 Å². The van der Waals surface area contributed by atoms with E-state index in [9.17, 15) is 4.79 Å². The van der Waals surface area contributed by atoms with E-state index in [1.807, 2.05) is 33.0 Å². The van der Waals surface area contributed by atoms with Gasteiger partial charge in [0.05, 0.1) is 23.7 Å². The zero-order valence-corrected chi connectivity index (χ0v) is 18.8. The molecule has 7 heteroatoms. The summed E-state index contributed by atoms with van der Waals surface area (Å²) in [5, 5.41) is 8.92. The predicted molar refractivity (Wildman–Crippen MR) is 123 cm³/mol. The highest BCUT2D eigenvalue weighted by atomic mass is 32.1. The van der Waals surface area contributed by atoms with Crippen molar-refractivity contribution in [2.45, 2.75) is 52.6 Å². The molecule has 0 radical (unpaired) electrons. The zero-order chi connectivity index (χ0) is 21.5. The number of fused-ring (bicyclic) bond motifs is 2. The number of nitrogens with one attached hydrogen (secondary N) is 1. The monoisotopic (exact) mass is 431 g/mol. The maximum absolute atomic E-state index is 13.2. The third kappa shape index (κ3) is 3.63. The largest absolute Gasteiger partial charge is 0.344 e. The topological polar surface area (TPSA) is 72.7 Å². The lowest BCUT2D eigenvalue weighted by Crippen LogP contribution is -2.31. The van der Waals surface area contributed by atoms with Gasteiger partial charge in [0.15, 0.2) is 0 Å². The molecule has 1 N–H and O–H groups in total. The van der Waals surface area contributed by atoms with Gasteiger partial charge in [0, 0.05) is 22.3 Å². The second-order valence-corrected chi connectivity index (χ2v) is 9.20. The summed E-state index contributed by atoms with van der Waals surface area (Å²) in [5.41, 5.74) is 5.49. The Bertz CT molecular complexity index is 1270. The molecule has 4 aromatic rings. The van der Waals surface area contributed by atoms with E-state index in [1.165, 1.54) is 22.6 Å². The SMILES string of the molecule is Cc1nc(C)c2c(C)c(C(=O)NC3CCCc4c3cnn4Cc3ccccc3)sc2n1. The fourth-order valence-corrected chi connectivity index (χ4v) is 5.76. The Labute approximate surface area is 185 Å². The molecule has 0 bridgehead atoms. The average molecular weight is 432 g/mol. The van der Waals surface area contributed by atoms with Gasteiger partial charge in [0.25, 0.3) is 5.91 Å². The summed E-state index contributed by atoms with van der Waals surface area (Å²) in [5.74, 6) is 0.701. The molecule has 1 amide bonds. The van der Waals surface area contributed by atoms with Gasteiger partial charge < -0.3 is 5.32 Å². The Balaban J connectivity index is 1.41. The molecule has 1 unspecified atom stereocenters. The molecule has 0 spiro atoms. The second-order valence-electron chi connectivity index (χ2n) is 8.20. The van der Waals surface area contributed by atoms with E-state index in [1.54, 1.807) is 0 Å². The molecule has 5 rings (SSSR count). The van der Waals surface area contributed by atoms with Crippen LogP contribution in [0.15, 0.2) is 36.5 Å². The Morgan fingerprint density at radius 3 is 2.81 bits per heavy atom. The van der Waals surface area contributed by atoms with E-state index in [2.05, 4.69) is 49.3 Å². The van der Waals surface area contributed by atoms with E-state index in [-0.39, 0.29) is 11.9 Å². The van der Waals surface area contributed by atoms with Gasteiger partial charge in [-0.25, -0.2) is 9.97 Å². The number of amides is 1. The lowest BCUT2D eigenvalue weighted by atomic mass is 9.92. The smallest absolute Gasteiger partial charge is 0.262 e. The maximum Gasteiger partial charge on any atom is 0.262 e. The molecule has 0 fully saturated rings. The Morgan fingerprint density at radius 2 is 2.00 bits per heavy atom. The van der Waals surface area contributed by atoms with E-state index < -0.39 is 0 Å². The first kappa shape index (κ1) is 19.9. The van der Waals surface area contributed by atoms with Crippen LogP contribution in [0.2, 0.25) is 0 Å². The van der Waals surface area contributed by atoms with E-state index in [0.29, 0.717) is 0 Å². The fraction of sp³-hybridized carbons (Fsp3) is 0.333. The van der Waals surface area contributed by atoms with Crippen molar-refractivity contribution in [3.8, 4) is 0 Å². The first-order valence-electron chi connectivity index (χ1n) is 10.6. The molecule has 3 aromatic heterocycles. The van der Waals surface area contributed by atoms with Gasteiger partial charge >= 0.3 is 0 Å². The van der Waals surface area contributed by atoms with Crippen molar-refractivity contribution in [3.63, 3.8) is 0 Å². The molecule has 6 nitrogen and oxygen atoms in total. The Morgan fingerprint density at radius 1 is 1.19 bits per heavy atom. The second kappa shape index (κ2) is 7.89. The van der Waals surface area contributed by atoms with Crippen LogP contribution in [0.4, 0.5) is 0 Å². The van der Waals surface area contributed by atoms with Crippen molar-refractivity contribution >= 4 is 27.5 Å². The van der Waals surface area contributed by atoms with Gasteiger partial charge in [0.2, 0.25) is 0 Å². The third-order valence-electron chi connectivity index (χ3n) is 6.03. The summed E-state index contributed by atoms with van der Waals surface area (Å²) >= 11 is 1.45. The van der Waals surface area contributed by atoms with Gasteiger partial charge in [-0.1, -0.05) is 30.3 Å². The number of benzene rings is 1. The quantitative estimate of drug-likeness (QED) is 0.510. The van der Waals surface area contributed by atoms with Crippen LogP contribution in [-0.4, -0.2) is 25.7 Å². The van der Waals surface area contributed by atoms with E-state index in [4.69, 9.17) is 0 Å². The van der Waals surface area contributed by atoms with Crippen molar-refractivity contribution < 1.29 is 4.79 Å². The summed E-state index contributed by atoms with van der Waals surface area (Å²) in [6.45, 7) is 6.61. The highest BCUT2D eigenvalue weighted by Crippen LogP contribution is 2.34. The van der Waals surface area contributed by atoms with Crippen LogP contribution in [0, 0.1) is 20.8 Å². The summed E-state index contributed by atoms with van der Waals surface area (Å²) in [6.07, 6.45) is 4.88. The van der Waals surface area contributed by atoms with Crippen molar-refractivity contribution in [1.29, 1.82) is 0 Å². The highest BCUT2D eigenvalue weighted by Gasteiger charge is 2.27. The minimum atomic E-state index is -0.0359. The van der Waals surface area contributed by atoms with Gasteiger partial charge in [-0.3, -0.25) is 9.48 Å². The lowest BCUT2D eigenvalue weighted by Gasteiger charge is -2.24. The number of rotatable bonds is 4. The fourth-order valence-electron chi connectivity index (χ4n) is 4.58. The standard InChI is InChI=1S/C24H25N5OS/c1-14-21-15(2)26-16(3)27-24(21)31-22(14)23(30)28-19-10-7-11-20-18(19)12-25-29(20)13-17-8-5-4-6-9-17/h4-6,8-9,12,19H,7,10-11,13H2,1-3H3,(H,28,30). The molecule has 1 aliphatic rings. The summed E-state index contributed by atoms with van der Waals surface area (Å²) in [4.78, 5) is 23.8. The number of hydrogen-bond donors (Lipinski definition) is 1. The molecule has 1 aromatic carbocycles. The first-order valence-corrected chi connectivity index (χ1v) is 11.5. The summed E-state index contributed by atoms with van der Waals surface area (Å²) in [6, 6.07) is 10.3. The van der Waals surface area contributed by atoms with E-state index >= 15 is 0 Å². The number of carbonyl (C=O) groups is 1. The number of nitrogens with zero attached hydrogens (tertiary/aromatic N) is 4. The lowest BCUT2D eigenvalue weighted by molar-refractivity contribution is 0.0936. The van der Waals surface area contributed by atoms with Gasteiger partial charge in [-0.15, -0.1) is 11.3 Å². The van der Waals surface area contributed by atoms with Crippen LogP contribution in [0.25, 0.3) is 10.2 Å². The molecule has 1 atom stereocenters. The molecule has 0 saturated heterocycles. The summed E-state index contributed by atoms with van der Waals surface area (Å²) in [7, 11) is 0. The normalized spacial score (nSPS) is 15.8. The number of aryl methyl sites for hydroxylation is 3. The molecule has 31 heavy (non-hydrogen) atoms. The minimum absolute atomic E-state index is 0.0145. The molecular formula is C24H25N5OS. The zero-order valence-electron chi connectivity index (χ0n) is 18.0. The number of thiophene rings is 1. The molecule has 0 saturated carbocycles. The summed E-state index contributed by atoms with van der Waals surface area (Å²) < 4.78 is 2.08. The maximum atomic E-state index is 13.2. The molecular weight excluding hydrogens is 406 g/mol. The number of aromatic nitrogens is 4. The third-order valence-corrected chi connectivity index (χ3v) is 7.22. The van der Waals surface area contributed by atoms with Crippen LogP contribution in [0.3, 0.4) is 0 Å². The van der Waals surface area contributed by atoms with Crippen LogP contribution in [0.5, 0.6) is 0 Å². The molecule has 1 aliphatic carbocycles. The highest BCUT2D eigenvalue weighted by molar-refractivity contribution is 7.20. The van der Waals surface area contributed by atoms with Gasteiger partial charge in [-0.2, -0.15) is 5.10 Å². The molecule has 0 aliphatic heterocycles. The predicted octanol–water partition coefficient (Wildman–Crippen LogP) is 4.67. The first-order chi connectivity index (χ1) is 15.0. The van der Waals surface area contributed by atoms with Crippen molar-refractivity contribution in [2.24, 2.45) is 0 Å². The van der Waals surface area contributed by atoms with E-state index in [0.717, 1.165) is 63.5 Å². The van der Waals surface area contributed by atoms with Crippen molar-refractivity contribution in [1.82, 2.24) is 25.1 Å². The van der Waals surface area contributed by atoms with Crippen LogP contribution < -0.4 is 5.32 Å². The number of hydrogen-bond acceptors (Lipinski definition) is 5. The van der Waals surface area contributed by atoms with Crippen molar-refractivity contribution in [2.75, 3.05) is 0 Å². The van der Waals surface area contributed by atoms with Crippen molar-refractivity contribution in [3.05, 3.63) is 75.3 Å². The van der Waals surface area contributed by atoms with Crippen LogP contribution >= 0.6 is 11.3 Å². The Hall–Kier alpha value is -3.06. The average Bonchev–Trinajstić information content (AvgIpc) is 3.30. The minimum Gasteiger partial charge on any atom is -0.344 e. The van der Waals surface area contributed by atoms with Gasteiger partial charge in [0.1, 0.15) is 10.7 Å².